The lowest BCUT2D eigenvalue weighted by atomic mass is 10.1. The van der Waals surface area contributed by atoms with Crippen LogP contribution in [0.3, 0.4) is 0 Å². The van der Waals surface area contributed by atoms with Crippen molar-refractivity contribution in [3.8, 4) is 0 Å². The minimum atomic E-state index is -0.101. The number of carbonyl (C=O) groups excluding carboxylic acids is 1. The summed E-state index contributed by atoms with van der Waals surface area (Å²) in [6.07, 6.45) is 4.99. The average molecular weight is 155 g/mol. The van der Waals surface area contributed by atoms with Crippen molar-refractivity contribution in [3.63, 3.8) is 0 Å². The van der Waals surface area contributed by atoms with Crippen LogP contribution in [-0.4, -0.2) is 22.2 Å². The van der Waals surface area contributed by atoms with Gasteiger partial charge in [-0.25, -0.2) is 5.06 Å². The zero-order valence-electron chi connectivity index (χ0n) is 6.49. The summed E-state index contributed by atoms with van der Waals surface area (Å²) < 4.78 is 0. The fourth-order valence-electron chi connectivity index (χ4n) is 1.69. The summed E-state index contributed by atoms with van der Waals surface area (Å²) in [6, 6.07) is 0.134. The van der Waals surface area contributed by atoms with E-state index >= 15 is 0 Å². The Kier molecular flexibility index (Phi) is 1.60. The molecule has 0 spiro atoms. The van der Waals surface area contributed by atoms with Gasteiger partial charge in [-0.15, -0.1) is 0 Å². The van der Waals surface area contributed by atoms with Gasteiger partial charge in [0.25, 0.3) is 0 Å². The predicted molar refractivity (Wildman–Crippen MR) is 39.0 cm³/mol. The van der Waals surface area contributed by atoms with Gasteiger partial charge in [-0.2, -0.15) is 0 Å². The topological polar surface area (TPSA) is 40.5 Å². The molecule has 2 fully saturated rings. The van der Waals surface area contributed by atoms with E-state index < -0.39 is 0 Å². The van der Waals surface area contributed by atoms with Crippen molar-refractivity contribution in [2.24, 2.45) is 5.92 Å². The van der Waals surface area contributed by atoms with Crippen molar-refractivity contribution in [2.75, 3.05) is 0 Å². The van der Waals surface area contributed by atoms with Crippen molar-refractivity contribution < 1.29 is 10.0 Å². The van der Waals surface area contributed by atoms with E-state index in [2.05, 4.69) is 0 Å². The second kappa shape index (κ2) is 2.48. The Balaban J connectivity index is 1.88. The number of amides is 1. The monoisotopic (exact) mass is 155 g/mol. The molecule has 0 aromatic carbocycles. The largest absolute Gasteiger partial charge is 0.286 e. The van der Waals surface area contributed by atoms with E-state index in [1.54, 1.807) is 0 Å². The number of hydrogen-bond acceptors (Lipinski definition) is 2. The molecule has 1 unspecified atom stereocenters. The van der Waals surface area contributed by atoms with Crippen molar-refractivity contribution in [1.29, 1.82) is 0 Å². The van der Waals surface area contributed by atoms with Crippen LogP contribution in [0, 0.1) is 5.92 Å². The molecule has 1 saturated carbocycles. The van der Waals surface area contributed by atoms with Crippen molar-refractivity contribution >= 4 is 5.91 Å². The molecule has 1 atom stereocenters. The maximum Gasteiger partial charge on any atom is 0.246 e. The smallest absolute Gasteiger partial charge is 0.246 e. The standard InChI is InChI=1S/C8H13NO2/c10-8-4-3-7(9(8)11)5-6-1-2-6/h6-7,11H,1-5H2. The molecule has 3 nitrogen and oxygen atoms in total. The zero-order valence-corrected chi connectivity index (χ0v) is 6.49. The summed E-state index contributed by atoms with van der Waals surface area (Å²) >= 11 is 0. The first-order valence-corrected chi connectivity index (χ1v) is 4.28. The van der Waals surface area contributed by atoms with Crippen LogP contribution in [0.1, 0.15) is 32.1 Å². The van der Waals surface area contributed by atoms with Gasteiger partial charge in [0, 0.05) is 6.42 Å². The summed E-state index contributed by atoms with van der Waals surface area (Å²) in [4.78, 5) is 10.9. The average Bonchev–Trinajstić information content (AvgIpc) is 2.74. The SMILES string of the molecule is O=C1CCC(CC2CC2)N1O. The lowest BCUT2D eigenvalue weighted by molar-refractivity contribution is -0.165. The van der Waals surface area contributed by atoms with E-state index in [4.69, 9.17) is 0 Å². The number of hydrogen-bond donors (Lipinski definition) is 1. The van der Waals surface area contributed by atoms with Crippen LogP contribution in [0.4, 0.5) is 0 Å². The van der Waals surface area contributed by atoms with Crippen molar-refractivity contribution in [1.82, 2.24) is 5.06 Å². The van der Waals surface area contributed by atoms with E-state index in [1.807, 2.05) is 0 Å². The van der Waals surface area contributed by atoms with E-state index in [1.165, 1.54) is 12.8 Å². The highest BCUT2D eigenvalue weighted by molar-refractivity contribution is 5.77. The summed E-state index contributed by atoms with van der Waals surface area (Å²) in [5.74, 6) is 0.691. The molecule has 1 aliphatic carbocycles. The third-order valence-corrected chi connectivity index (χ3v) is 2.60. The molecule has 1 amide bonds. The molecular formula is C8H13NO2. The molecule has 1 heterocycles. The number of carbonyl (C=O) groups is 1. The Bertz CT molecular complexity index is 177. The zero-order chi connectivity index (χ0) is 7.84. The van der Waals surface area contributed by atoms with Crippen LogP contribution in [0.15, 0.2) is 0 Å². The number of hydroxylamine groups is 2. The first kappa shape index (κ1) is 7.10. The lowest BCUT2D eigenvalue weighted by Crippen LogP contribution is -2.29. The van der Waals surface area contributed by atoms with Crippen LogP contribution in [0.2, 0.25) is 0 Å². The highest BCUT2D eigenvalue weighted by Gasteiger charge is 2.34. The predicted octanol–water partition coefficient (Wildman–Crippen LogP) is 1.17. The fraction of sp³-hybridized carbons (Fsp3) is 0.875. The fourth-order valence-corrected chi connectivity index (χ4v) is 1.69. The maximum absolute atomic E-state index is 10.9. The van der Waals surface area contributed by atoms with Crippen molar-refractivity contribution in [2.45, 2.75) is 38.1 Å². The number of rotatable bonds is 2. The molecule has 0 radical (unpaired) electrons. The third kappa shape index (κ3) is 1.38. The number of nitrogens with zero attached hydrogens (tertiary/aromatic N) is 1. The Labute approximate surface area is 66.0 Å². The van der Waals surface area contributed by atoms with Gasteiger partial charge in [-0.3, -0.25) is 10.0 Å². The minimum Gasteiger partial charge on any atom is -0.286 e. The Morgan fingerprint density at radius 3 is 2.64 bits per heavy atom. The van der Waals surface area contributed by atoms with E-state index in [0.29, 0.717) is 6.42 Å². The van der Waals surface area contributed by atoms with Gasteiger partial charge in [0.1, 0.15) is 0 Å². The molecule has 1 saturated heterocycles. The molecule has 2 rings (SSSR count). The first-order valence-electron chi connectivity index (χ1n) is 4.28. The second-order valence-electron chi connectivity index (χ2n) is 3.61. The maximum atomic E-state index is 10.9. The molecule has 62 valence electrons. The normalized spacial score (nSPS) is 31.5. The quantitative estimate of drug-likeness (QED) is 0.608. The molecular weight excluding hydrogens is 142 g/mol. The van der Waals surface area contributed by atoms with Gasteiger partial charge in [-0.1, -0.05) is 12.8 Å². The van der Waals surface area contributed by atoms with E-state index in [0.717, 1.165) is 23.8 Å². The Morgan fingerprint density at radius 2 is 2.18 bits per heavy atom. The molecule has 11 heavy (non-hydrogen) atoms. The highest BCUT2D eigenvalue weighted by atomic mass is 16.5. The van der Waals surface area contributed by atoms with Gasteiger partial charge < -0.3 is 0 Å². The summed E-state index contributed by atoms with van der Waals surface area (Å²) in [6.45, 7) is 0. The van der Waals surface area contributed by atoms with Crippen LogP contribution in [0.25, 0.3) is 0 Å². The molecule has 0 aromatic rings. The molecule has 2 aliphatic rings. The van der Waals surface area contributed by atoms with E-state index in [-0.39, 0.29) is 11.9 Å². The van der Waals surface area contributed by atoms with Gasteiger partial charge in [0.15, 0.2) is 0 Å². The lowest BCUT2D eigenvalue weighted by Gasteiger charge is -2.16. The Morgan fingerprint density at radius 1 is 1.45 bits per heavy atom. The van der Waals surface area contributed by atoms with Crippen LogP contribution in [0.5, 0.6) is 0 Å². The minimum absolute atomic E-state index is 0.101. The van der Waals surface area contributed by atoms with Crippen LogP contribution in [-0.2, 0) is 4.79 Å². The van der Waals surface area contributed by atoms with Crippen molar-refractivity contribution in [3.05, 3.63) is 0 Å². The molecule has 0 bridgehead atoms. The van der Waals surface area contributed by atoms with Crippen LogP contribution >= 0.6 is 0 Å². The molecule has 0 aromatic heterocycles. The van der Waals surface area contributed by atoms with Gasteiger partial charge >= 0.3 is 0 Å². The van der Waals surface area contributed by atoms with Gasteiger partial charge in [0.05, 0.1) is 6.04 Å². The molecule has 1 aliphatic heterocycles. The Hall–Kier alpha value is -0.570. The summed E-state index contributed by atoms with van der Waals surface area (Å²) in [7, 11) is 0. The molecule has 1 N–H and O–H groups in total. The highest BCUT2D eigenvalue weighted by Crippen LogP contribution is 2.36. The summed E-state index contributed by atoms with van der Waals surface area (Å²) in [5, 5.41) is 10.2. The first-order chi connectivity index (χ1) is 5.27. The van der Waals surface area contributed by atoms with E-state index in [9.17, 15) is 10.0 Å². The molecule has 3 heteroatoms. The van der Waals surface area contributed by atoms with Gasteiger partial charge in [0.2, 0.25) is 5.91 Å². The van der Waals surface area contributed by atoms with Crippen LogP contribution < -0.4 is 0 Å². The van der Waals surface area contributed by atoms with Gasteiger partial charge in [-0.05, 0) is 18.8 Å². The summed E-state index contributed by atoms with van der Waals surface area (Å²) in [5.41, 5.74) is 0. The second-order valence-corrected chi connectivity index (χ2v) is 3.61. The third-order valence-electron chi connectivity index (χ3n) is 2.60.